The molecule has 0 aliphatic heterocycles. The van der Waals surface area contributed by atoms with Gasteiger partial charge in [0.2, 0.25) is 0 Å². The molecule has 0 atom stereocenters. The summed E-state index contributed by atoms with van der Waals surface area (Å²) < 4.78 is 0. The molecule has 1 aliphatic rings. The lowest BCUT2D eigenvalue weighted by atomic mass is 10.6. The Bertz CT molecular complexity index is 61.1. The van der Waals surface area contributed by atoms with Crippen LogP contribution in [0.1, 0.15) is 12.8 Å². The van der Waals surface area contributed by atoms with Crippen LogP contribution < -0.4 is 0 Å². The second-order valence-electron chi connectivity index (χ2n) is 2.13. The average Bonchev–Trinajstić information content (AvgIpc) is 2.44. The van der Waals surface area contributed by atoms with Gasteiger partial charge in [0.25, 0.3) is 0 Å². The molecule has 0 spiro atoms. The van der Waals surface area contributed by atoms with Gasteiger partial charge in [0.05, 0.1) is 0 Å². The zero-order valence-corrected chi connectivity index (χ0v) is 5.49. The molecule has 1 fully saturated rings. The van der Waals surface area contributed by atoms with Crippen LogP contribution in [0.25, 0.3) is 0 Å². The number of hydrogen-bond acceptors (Lipinski definition) is 2. The quantitative estimate of drug-likeness (QED) is 0.416. The lowest BCUT2D eigenvalue weighted by Gasteiger charge is -2.09. The van der Waals surface area contributed by atoms with Crippen molar-refractivity contribution >= 4 is 12.6 Å². The van der Waals surface area contributed by atoms with Crippen molar-refractivity contribution in [3.63, 3.8) is 0 Å². The Kier molecular flexibility index (Phi) is 1.60. The van der Waals surface area contributed by atoms with Crippen molar-refractivity contribution in [1.29, 1.82) is 0 Å². The van der Waals surface area contributed by atoms with Crippen molar-refractivity contribution in [2.75, 3.05) is 12.9 Å². The molecule has 42 valence electrons. The molecule has 1 rings (SSSR count). The van der Waals surface area contributed by atoms with Gasteiger partial charge < -0.3 is 0 Å². The van der Waals surface area contributed by atoms with Gasteiger partial charge in [-0.15, -0.1) is 0 Å². The van der Waals surface area contributed by atoms with Crippen LogP contribution in [0.4, 0.5) is 0 Å². The van der Waals surface area contributed by atoms with Crippen molar-refractivity contribution in [2.45, 2.75) is 18.9 Å². The maximum Gasteiger partial charge on any atom is 0.0414 e. The summed E-state index contributed by atoms with van der Waals surface area (Å²) in [5.74, 6) is 0.907. The van der Waals surface area contributed by atoms with E-state index in [0.717, 1.165) is 11.9 Å². The second-order valence-corrected chi connectivity index (χ2v) is 2.41. The summed E-state index contributed by atoms with van der Waals surface area (Å²) in [4.78, 5) is 2.27. The molecule has 0 aromatic heterocycles. The van der Waals surface area contributed by atoms with Gasteiger partial charge in [-0.1, -0.05) is 0 Å². The largest absolute Gasteiger partial charge is 0.294 e. The number of hydrogen-bond donors (Lipinski definition) is 1. The van der Waals surface area contributed by atoms with Crippen LogP contribution in [-0.2, 0) is 0 Å². The van der Waals surface area contributed by atoms with Crippen LogP contribution >= 0.6 is 12.6 Å². The van der Waals surface area contributed by atoms with E-state index in [1.807, 2.05) is 0 Å². The number of nitrogens with zero attached hydrogens (tertiary/aromatic N) is 1. The molecule has 1 aliphatic carbocycles. The predicted molar refractivity (Wildman–Crippen MR) is 34.6 cm³/mol. The highest BCUT2D eigenvalue weighted by atomic mass is 32.1. The minimum atomic E-state index is 0.873. The first-order valence-electron chi connectivity index (χ1n) is 2.65. The highest BCUT2D eigenvalue weighted by Gasteiger charge is 2.24. The Morgan fingerprint density at radius 1 is 1.71 bits per heavy atom. The molecule has 7 heavy (non-hydrogen) atoms. The third-order valence-electron chi connectivity index (χ3n) is 1.39. The van der Waals surface area contributed by atoms with Gasteiger partial charge in [-0.3, -0.25) is 4.90 Å². The van der Waals surface area contributed by atoms with Crippen molar-refractivity contribution in [3.05, 3.63) is 0 Å². The third-order valence-corrected chi connectivity index (χ3v) is 1.84. The molecule has 0 N–H and O–H groups in total. The fourth-order valence-electron chi connectivity index (χ4n) is 0.631. The third kappa shape index (κ3) is 1.35. The SMILES string of the molecule is CN(CS)C1CC1. The van der Waals surface area contributed by atoms with Gasteiger partial charge in [-0.05, 0) is 19.9 Å². The molecular weight excluding hydrogens is 106 g/mol. The average molecular weight is 117 g/mol. The van der Waals surface area contributed by atoms with Gasteiger partial charge in [-0.25, -0.2) is 0 Å². The molecule has 0 aromatic carbocycles. The Labute approximate surface area is 50.1 Å². The molecule has 0 unspecified atom stereocenters. The summed E-state index contributed by atoms with van der Waals surface area (Å²) in [5, 5.41) is 0. The lowest BCUT2D eigenvalue weighted by Crippen LogP contribution is -2.17. The van der Waals surface area contributed by atoms with E-state index in [1.165, 1.54) is 12.8 Å². The van der Waals surface area contributed by atoms with Gasteiger partial charge in [0, 0.05) is 11.9 Å². The van der Waals surface area contributed by atoms with Crippen LogP contribution in [0.2, 0.25) is 0 Å². The van der Waals surface area contributed by atoms with Gasteiger partial charge in [-0.2, -0.15) is 12.6 Å². The highest BCUT2D eigenvalue weighted by molar-refractivity contribution is 7.80. The number of rotatable bonds is 2. The molecular formula is C5H11NS. The predicted octanol–water partition coefficient (Wildman–Crippen LogP) is 0.968. The molecule has 0 saturated heterocycles. The summed E-state index contributed by atoms with van der Waals surface area (Å²) in [6, 6.07) is 0.873. The molecule has 1 saturated carbocycles. The standard InChI is InChI=1S/C5H11NS/c1-6(4-7)5-2-3-5/h5,7H,2-4H2,1H3. The first-order valence-corrected chi connectivity index (χ1v) is 3.29. The van der Waals surface area contributed by atoms with Crippen molar-refractivity contribution in [2.24, 2.45) is 0 Å². The zero-order valence-electron chi connectivity index (χ0n) is 4.59. The Balaban J connectivity index is 2.10. The highest BCUT2D eigenvalue weighted by Crippen LogP contribution is 2.24. The van der Waals surface area contributed by atoms with Crippen LogP contribution in [0.5, 0.6) is 0 Å². The fraction of sp³-hybridized carbons (Fsp3) is 1.00. The van der Waals surface area contributed by atoms with Crippen molar-refractivity contribution in [3.8, 4) is 0 Å². The summed E-state index contributed by atoms with van der Waals surface area (Å²) in [5.41, 5.74) is 0. The zero-order chi connectivity index (χ0) is 5.28. The van der Waals surface area contributed by atoms with E-state index in [9.17, 15) is 0 Å². The molecule has 2 heteroatoms. The molecule has 0 bridgehead atoms. The molecule has 0 heterocycles. The summed E-state index contributed by atoms with van der Waals surface area (Å²) in [6.07, 6.45) is 2.77. The van der Waals surface area contributed by atoms with Crippen LogP contribution in [0.3, 0.4) is 0 Å². The van der Waals surface area contributed by atoms with E-state index in [-0.39, 0.29) is 0 Å². The van der Waals surface area contributed by atoms with Gasteiger partial charge in [0.15, 0.2) is 0 Å². The minimum Gasteiger partial charge on any atom is -0.294 e. The van der Waals surface area contributed by atoms with E-state index < -0.39 is 0 Å². The van der Waals surface area contributed by atoms with Crippen molar-refractivity contribution < 1.29 is 0 Å². The summed E-state index contributed by atoms with van der Waals surface area (Å²) >= 11 is 4.12. The van der Waals surface area contributed by atoms with Crippen LogP contribution in [-0.4, -0.2) is 23.9 Å². The van der Waals surface area contributed by atoms with E-state index in [0.29, 0.717) is 0 Å². The minimum absolute atomic E-state index is 0.873. The Morgan fingerprint density at radius 3 is 2.43 bits per heavy atom. The monoisotopic (exact) mass is 117 g/mol. The molecule has 1 nitrogen and oxygen atoms in total. The maximum atomic E-state index is 4.12. The van der Waals surface area contributed by atoms with Gasteiger partial charge in [0.1, 0.15) is 0 Å². The van der Waals surface area contributed by atoms with Crippen molar-refractivity contribution in [1.82, 2.24) is 4.90 Å². The molecule has 0 amide bonds. The number of thiol groups is 1. The lowest BCUT2D eigenvalue weighted by molar-refractivity contribution is 0.384. The van der Waals surface area contributed by atoms with Crippen LogP contribution in [0.15, 0.2) is 0 Å². The summed E-state index contributed by atoms with van der Waals surface area (Å²) in [7, 11) is 2.12. The molecule has 0 radical (unpaired) electrons. The van der Waals surface area contributed by atoms with E-state index in [4.69, 9.17) is 0 Å². The smallest absolute Gasteiger partial charge is 0.0414 e. The first-order chi connectivity index (χ1) is 3.34. The maximum absolute atomic E-state index is 4.12. The Hall–Kier alpha value is 0.310. The van der Waals surface area contributed by atoms with E-state index >= 15 is 0 Å². The van der Waals surface area contributed by atoms with E-state index in [2.05, 4.69) is 24.6 Å². The Morgan fingerprint density at radius 2 is 2.29 bits per heavy atom. The van der Waals surface area contributed by atoms with E-state index in [1.54, 1.807) is 0 Å². The topological polar surface area (TPSA) is 3.24 Å². The first kappa shape index (κ1) is 5.45. The fourth-order valence-corrected chi connectivity index (χ4v) is 0.862. The second kappa shape index (κ2) is 2.05. The molecule has 0 aromatic rings. The van der Waals surface area contributed by atoms with Crippen LogP contribution in [0, 0.1) is 0 Å². The summed E-state index contributed by atoms with van der Waals surface area (Å²) in [6.45, 7) is 0. The normalized spacial score (nSPS) is 21.0. The van der Waals surface area contributed by atoms with Gasteiger partial charge >= 0.3 is 0 Å².